The Morgan fingerprint density at radius 2 is 0.889 bits per heavy atom. The van der Waals surface area contributed by atoms with E-state index in [9.17, 15) is 0 Å². The van der Waals surface area contributed by atoms with Crippen LogP contribution in [0.2, 0.25) is 0 Å². The van der Waals surface area contributed by atoms with E-state index in [-0.39, 0.29) is 37.5 Å². The minimum absolute atomic E-state index is 0. The summed E-state index contributed by atoms with van der Waals surface area (Å²) >= 11 is -5.67. The van der Waals surface area contributed by atoms with E-state index in [1.807, 2.05) is 0 Å². The molecule has 0 amide bonds. The molecular weight excluding hydrogens is 480 g/mol. The predicted molar refractivity (Wildman–Crippen MR) is 16.7 cm³/mol. The van der Waals surface area contributed by atoms with Gasteiger partial charge >= 0.3 is 31.1 Å². The van der Waals surface area contributed by atoms with Gasteiger partial charge in [0.05, 0.1) is 0 Å². The molecule has 0 aliphatic carbocycles. The van der Waals surface area contributed by atoms with Crippen LogP contribution in [0.1, 0.15) is 0 Å². The monoisotopic (exact) mass is 488 g/mol. The molecule has 0 aliphatic rings. The molecule has 0 fully saturated rings. The van der Waals surface area contributed by atoms with Crippen LogP contribution in [0.4, 0.5) is 0 Å². The van der Waals surface area contributed by atoms with E-state index in [1.165, 1.54) is 0 Å². The van der Waals surface area contributed by atoms with Gasteiger partial charge in [-0.15, -0.1) is 0 Å². The average molecular weight is 488 g/mol. The molecule has 8 N–H and O–H groups in total. The Morgan fingerprint density at radius 1 is 0.889 bits per heavy atom. The van der Waals surface area contributed by atoms with Crippen LogP contribution in [0.3, 0.4) is 0 Å². The summed E-state index contributed by atoms with van der Waals surface area (Å²) in [6.45, 7) is 0. The third kappa shape index (κ3) is 668. The summed E-state index contributed by atoms with van der Waals surface area (Å²) in [6.07, 6.45) is 0. The molecule has 0 saturated heterocycles. The molecule has 7 nitrogen and oxygen atoms in total. The van der Waals surface area contributed by atoms with E-state index < -0.39 is 16.7 Å². The normalized spacial score (nSPS) is 6.44. The maximum atomic E-state index is 8.87. The topological polar surface area (TPSA) is 169 Å². The average Bonchev–Trinajstić information content (AvgIpc) is 0.722. The van der Waals surface area contributed by atoms with Crippen LogP contribution >= 0.6 is 0 Å². The van der Waals surface area contributed by atoms with Gasteiger partial charge in [-0.1, -0.05) is 0 Å². The van der Waals surface area contributed by atoms with Crippen LogP contribution in [0.5, 0.6) is 0 Å². The quantitative estimate of drug-likeness (QED) is 0.357. The summed E-state index contributed by atoms with van der Waals surface area (Å²) in [4.78, 5) is 0. The zero-order valence-corrected chi connectivity index (χ0v) is 9.89. The second-order valence-electron chi connectivity index (χ2n) is 0.448. The molecule has 62 valence electrons. The fourth-order valence-electron chi connectivity index (χ4n) is 0. The van der Waals surface area contributed by atoms with Gasteiger partial charge in [0.1, 0.15) is 0 Å². The molecule has 0 atom stereocenters. The van der Waals surface area contributed by atoms with E-state index in [4.69, 9.17) is 14.3 Å². The molecule has 0 heterocycles. The van der Waals surface area contributed by atoms with Crippen molar-refractivity contribution < 1.29 is 68.6 Å². The van der Waals surface area contributed by atoms with Gasteiger partial charge in [-0.25, -0.2) is 0 Å². The summed E-state index contributed by atoms with van der Waals surface area (Å²) in [7, 11) is 0. The van der Waals surface area contributed by atoms with Gasteiger partial charge in [0.2, 0.25) is 0 Å². The Bertz CT molecular complexity index is 90.1. The molecule has 0 saturated carbocycles. The molecule has 0 spiro atoms. The van der Waals surface area contributed by atoms with Gasteiger partial charge in [-0.05, 0) is 0 Å². The van der Waals surface area contributed by atoms with Crippen LogP contribution in [-0.2, 0) is 44.6 Å². The van der Waals surface area contributed by atoms with Crippen molar-refractivity contribution in [3.63, 3.8) is 0 Å². The molecule has 0 aromatic rings. The predicted octanol–water partition coefficient (Wildman–Crippen LogP) is -3.83. The molecule has 0 aromatic carbocycles. The Kier molecular flexibility index (Phi) is 42.4. The summed E-state index contributed by atoms with van der Waals surface area (Å²) in [5.74, 6) is 0. The molecule has 0 unspecified atom stereocenters. The molecule has 0 aromatic heterocycles. The van der Waals surface area contributed by atoms with Gasteiger partial charge in [-0.3, -0.25) is 0 Å². The van der Waals surface area contributed by atoms with E-state index >= 15 is 0 Å². The third-order valence-corrected chi connectivity index (χ3v) is 0. The van der Waals surface area contributed by atoms with Gasteiger partial charge in [0, 0.05) is 21.1 Å². The zero-order chi connectivity index (χ0) is 4.50. The van der Waals surface area contributed by atoms with Crippen molar-refractivity contribution in [1.29, 1.82) is 0 Å². The molecule has 0 aliphatic heterocycles. The largest absolute Gasteiger partial charge is 0 e. The maximum absolute atomic E-state index is 8.87. The minimum Gasteiger partial charge on any atom is 0 e. The standard InChI is InChI=1S/5H2O.2O.2W/h5*1H2;;;;/q;;;;;;;;+2/p-2. The summed E-state index contributed by atoms with van der Waals surface area (Å²) in [6, 6.07) is 0. The first-order chi connectivity index (χ1) is 2.00. The van der Waals surface area contributed by atoms with Crippen LogP contribution < -0.4 is 0 Å². The van der Waals surface area contributed by atoms with Crippen molar-refractivity contribution in [1.82, 2.24) is 0 Å². The third-order valence-electron chi connectivity index (χ3n) is 0. The molecule has 0 radical (unpaired) electrons. The number of rotatable bonds is 0. The summed E-state index contributed by atoms with van der Waals surface area (Å²) < 4.78 is 32.1. The molecule has 0 rings (SSSR count). The smallest absolute Gasteiger partial charge is 0 e. The van der Waals surface area contributed by atoms with Crippen LogP contribution in [0, 0.1) is 0 Å². The minimum atomic E-state index is -5.67. The van der Waals surface area contributed by atoms with Crippen LogP contribution in [0.15, 0.2) is 0 Å². The second kappa shape index (κ2) is 11.6. The van der Waals surface area contributed by atoms with Crippen molar-refractivity contribution in [3.05, 3.63) is 0 Å². The fraction of sp³-hybridized carbons (Fsp3) is 0. The first kappa shape index (κ1) is 33.0. The maximum Gasteiger partial charge on any atom is 0 e. The van der Waals surface area contributed by atoms with Crippen molar-refractivity contribution >= 4 is 0 Å². The molecule has 0 bridgehead atoms. The fourth-order valence-corrected chi connectivity index (χ4v) is 0. The van der Waals surface area contributed by atoms with E-state index in [1.54, 1.807) is 0 Å². The zero-order valence-electron chi connectivity index (χ0n) is 4.03. The van der Waals surface area contributed by atoms with Crippen molar-refractivity contribution in [2.75, 3.05) is 0 Å². The van der Waals surface area contributed by atoms with Crippen molar-refractivity contribution in [3.8, 4) is 0 Å². The Hall–Kier alpha value is 0.777. The Morgan fingerprint density at radius 3 is 0.889 bits per heavy atom. The van der Waals surface area contributed by atoms with Gasteiger partial charge in [0.15, 0.2) is 0 Å². The summed E-state index contributed by atoms with van der Waals surface area (Å²) in [5.41, 5.74) is 0. The van der Waals surface area contributed by atoms with Gasteiger partial charge in [-0.2, -0.15) is 0 Å². The van der Waals surface area contributed by atoms with E-state index in [0.717, 1.165) is 0 Å². The van der Waals surface area contributed by atoms with E-state index in [0.29, 0.717) is 0 Å². The van der Waals surface area contributed by atoms with Crippen molar-refractivity contribution in [2.24, 2.45) is 0 Å². The first-order valence-corrected chi connectivity index (χ1v) is 5.72. The van der Waals surface area contributed by atoms with E-state index in [2.05, 4.69) is 0 Å². The van der Waals surface area contributed by atoms with Gasteiger partial charge < -0.3 is 16.4 Å². The first-order valence-electron chi connectivity index (χ1n) is 0.698. The van der Waals surface area contributed by atoms with Crippen LogP contribution in [-0.4, -0.2) is 23.9 Å². The van der Waals surface area contributed by atoms with Crippen LogP contribution in [0.25, 0.3) is 0 Å². The number of hydrogen-bond acceptors (Lipinski definition) is 2. The molecular formula is H8O7W2. The van der Waals surface area contributed by atoms with Crippen molar-refractivity contribution in [2.45, 2.75) is 0 Å². The van der Waals surface area contributed by atoms with Gasteiger partial charge in [0.25, 0.3) is 0 Å². The second-order valence-corrected chi connectivity index (χ2v) is 3.67. The Labute approximate surface area is 68.6 Å². The number of hydrogen-bond donors (Lipinski definition) is 2. The Balaban J connectivity index is -0.0000000133. The summed E-state index contributed by atoms with van der Waals surface area (Å²) in [5, 5.41) is 0. The molecule has 9 heteroatoms. The SMILES string of the molecule is O.O.O.[O]=[W](=[O])([OH])[OH].[W]. The molecule has 9 heavy (non-hydrogen) atoms.